The molecule has 1 atom stereocenters. The Morgan fingerprint density at radius 3 is 2.79 bits per heavy atom. The fourth-order valence-electron chi connectivity index (χ4n) is 2.25. The Balaban J connectivity index is 1.75. The minimum absolute atomic E-state index is 0.107. The van der Waals surface area contributed by atoms with Crippen LogP contribution in [0.25, 0.3) is 10.2 Å². The van der Waals surface area contributed by atoms with Crippen LogP contribution in [0.5, 0.6) is 0 Å². The maximum Gasteiger partial charge on any atom is 0.237 e. The summed E-state index contributed by atoms with van der Waals surface area (Å²) in [6.07, 6.45) is 0.682. The van der Waals surface area contributed by atoms with E-state index in [0.29, 0.717) is 17.7 Å². The maximum absolute atomic E-state index is 12.6. The third-order valence-electron chi connectivity index (χ3n) is 3.49. The van der Waals surface area contributed by atoms with E-state index in [1.54, 1.807) is 35.6 Å². The summed E-state index contributed by atoms with van der Waals surface area (Å²) in [5.41, 5.74) is 1.97. The number of thioether (sulfide) groups is 1. The molecule has 1 N–H and O–H groups in total. The lowest BCUT2D eigenvalue weighted by Gasteiger charge is -2.13. The van der Waals surface area contributed by atoms with Crippen LogP contribution in [0.3, 0.4) is 0 Å². The van der Waals surface area contributed by atoms with Gasteiger partial charge >= 0.3 is 0 Å². The Kier molecular flexibility index (Phi) is 5.14. The zero-order chi connectivity index (χ0) is 16.9. The summed E-state index contributed by atoms with van der Waals surface area (Å²) in [7, 11) is 0. The third kappa shape index (κ3) is 3.58. The number of para-hydroxylation sites is 2. The molecule has 4 nitrogen and oxygen atoms in total. The quantitative estimate of drug-likeness (QED) is 0.677. The number of rotatable bonds is 5. The van der Waals surface area contributed by atoms with Crippen molar-refractivity contribution in [2.45, 2.75) is 22.9 Å². The van der Waals surface area contributed by atoms with Crippen molar-refractivity contribution in [1.29, 1.82) is 5.26 Å². The molecule has 1 amide bonds. The monoisotopic (exact) mass is 353 g/mol. The number of carbonyl (C=O) groups is 1. The number of amides is 1. The number of nitrogens with zero attached hydrogens (tertiary/aromatic N) is 2. The second-order valence-electron chi connectivity index (χ2n) is 5.11. The molecule has 0 spiro atoms. The SMILES string of the molecule is CC[C@H](Sc1nc2ccccc2s1)C(=O)Nc1ccccc1C#N. The molecule has 3 rings (SSSR count). The number of thiazole rings is 1. The van der Waals surface area contributed by atoms with Gasteiger partial charge in [0.25, 0.3) is 0 Å². The average Bonchev–Trinajstić information content (AvgIpc) is 3.02. The van der Waals surface area contributed by atoms with Crippen LogP contribution in [0, 0.1) is 11.3 Å². The third-order valence-corrected chi connectivity index (χ3v) is 5.98. The van der Waals surface area contributed by atoms with Gasteiger partial charge in [-0.3, -0.25) is 4.79 Å². The van der Waals surface area contributed by atoms with Gasteiger partial charge in [0, 0.05) is 0 Å². The Morgan fingerprint density at radius 2 is 2.04 bits per heavy atom. The van der Waals surface area contributed by atoms with E-state index in [1.165, 1.54) is 11.8 Å². The van der Waals surface area contributed by atoms with Crippen molar-refractivity contribution < 1.29 is 4.79 Å². The first kappa shape index (κ1) is 16.5. The number of hydrogen-bond donors (Lipinski definition) is 1. The van der Waals surface area contributed by atoms with Crippen molar-refractivity contribution in [1.82, 2.24) is 4.98 Å². The molecule has 0 aliphatic carbocycles. The lowest BCUT2D eigenvalue weighted by molar-refractivity contribution is -0.115. The molecule has 0 saturated heterocycles. The van der Waals surface area contributed by atoms with Crippen molar-refractivity contribution in [3.8, 4) is 6.07 Å². The molecule has 120 valence electrons. The summed E-state index contributed by atoms with van der Waals surface area (Å²) in [5.74, 6) is -0.107. The highest BCUT2D eigenvalue weighted by Crippen LogP contribution is 2.33. The molecule has 1 heterocycles. The molecule has 0 fully saturated rings. The highest BCUT2D eigenvalue weighted by molar-refractivity contribution is 8.02. The molecule has 3 aromatic rings. The molecule has 0 aliphatic rings. The van der Waals surface area contributed by atoms with Crippen LogP contribution >= 0.6 is 23.1 Å². The number of fused-ring (bicyclic) bond motifs is 1. The number of aromatic nitrogens is 1. The first-order valence-corrected chi connectivity index (χ1v) is 9.23. The largest absolute Gasteiger partial charge is 0.324 e. The number of anilines is 1. The number of benzene rings is 2. The molecular formula is C18H15N3OS2. The van der Waals surface area contributed by atoms with E-state index in [0.717, 1.165) is 14.6 Å². The molecule has 24 heavy (non-hydrogen) atoms. The lowest BCUT2D eigenvalue weighted by atomic mass is 10.2. The maximum atomic E-state index is 12.6. The van der Waals surface area contributed by atoms with Crippen molar-refractivity contribution in [2.24, 2.45) is 0 Å². The van der Waals surface area contributed by atoms with Gasteiger partial charge in [-0.15, -0.1) is 11.3 Å². The summed E-state index contributed by atoms with van der Waals surface area (Å²) in [6, 6.07) is 17.1. The van der Waals surface area contributed by atoms with Crippen LogP contribution in [-0.2, 0) is 4.79 Å². The first-order chi connectivity index (χ1) is 11.7. The summed E-state index contributed by atoms with van der Waals surface area (Å²) in [4.78, 5) is 17.1. The lowest BCUT2D eigenvalue weighted by Crippen LogP contribution is -2.24. The summed E-state index contributed by atoms with van der Waals surface area (Å²) in [6.45, 7) is 1.97. The number of carbonyl (C=O) groups excluding carboxylic acids is 1. The molecule has 2 aromatic carbocycles. The van der Waals surface area contributed by atoms with Gasteiger partial charge in [0.2, 0.25) is 5.91 Å². The van der Waals surface area contributed by atoms with Gasteiger partial charge in [0.1, 0.15) is 6.07 Å². The Morgan fingerprint density at radius 1 is 1.29 bits per heavy atom. The molecule has 6 heteroatoms. The summed E-state index contributed by atoms with van der Waals surface area (Å²) in [5, 5.41) is 11.7. The Labute approximate surface area is 148 Å². The molecule has 0 radical (unpaired) electrons. The molecular weight excluding hydrogens is 338 g/mol. The molecule has 0 saturated carbocycles. The second kappa shape index (κ2) is 7.47. The van der Waals surface area contributed by atoms with Crippen molar-refractivity contribution in [3.63, 3.8) is 0 Å². The molecule has 0 bridgehead atoms. The van der Waals surface area contributed by atoms with E-state index in [9.17, 15) is 4.79 Å². The van der Waals surface area contributed by atoms with E-state index in [4.69, 9.17) is 5.26 Å². The summed E-state index contributed by atoms with van der Waals surface area (Å²) >= 11 is 3.06. The summed E-state index contributed by atoms with van der Waals surface area (Å²) < 4.78 is 2.00. The van der Waals surface area contributed by atoms with Gasteiger partial charge in [-0.2, -0.15) is 5.26 Å². The van der Waals surface area contributed by atoms with Gasteiger partial charge in [-0.1, -0.05) is 43.0 Å². The fraction of sp³-hybridized carbons (Fsp3) is 0.167. The predicted octanol–water partition coefficient (Wildman–Crippen LogP) is 4.68. The molecule has 0 unspecified atom stereocenters. The van der Waals surface area contributed by atoms with E-state index in [-0.39, 0.29) is 11.2 Å². The van der Waals surface area contributed by atoms with Gasteiger partial charge < -0.3 is 5.32 Å². The van der Waals surface area contributed by atoms with Crippen LogP contribution < -0.4 is 5.32 Å². The van der Waals surface area contributed by atoms with Crippen molar-refractivity contribution in [3.05, 3.63) is 54.1 Å². The van der Waals surface area contributed by atoms with Gasteiger partial charge in [0.15, 0.2) is 4.34 Å². The first-order valence-electron chi connectivity index (χ1n) is 7.53. The number of nitriles is 1. The zero-order valence-corrected chi connectivity index (χ0v) is 14.7. The normalized spacial score (nSPS) is 11.8. The highest BCUT2D eigenvalue weighted by Gasteiger charge is 2.20. The van der Waals surface area contributed by atoms with Gasteiger partial charge in [-0.05, 0) is 30.7 Å². The Bertz CT molecular complexity index is 881. The predicted molar refractivity (Wildman–Crippen MR) is 99.3 cm³/mol. The smallest absolute Gasteiger partial charge is 0.237 e. The topological polar surface area (TPSA) is 65.8 Å². The standard InChI is InChI=1S/C18H15N3OS2/c1-2-15(17(22)20-13-8-4-3-7-12(13)11-19)23-18-21-14-9-5-6-10-16(14)24-18/h3-10,15H,2H2,1H3,(H,20,22)/t15-/m0/s1. The molecule has 0 aliphatic heterocycles. The number of nitrogens with one attached hydrogen (secondary N) is 1. The van der Waals surface area contributed by atoms with E-state index < -0.39 is 0 Å². The average molecular weight is 353 g/mol. The van der Waals surface area contributed by atoms with Crippen molar-refractivity contribution >= 4 is 44.9 Å². The van der Waals surface area contributed by atoms with Gasteiger partial charge in [0.05, 0.1) is 26.7 Å². The Hall–Kier alpha value is -2.36. The molecule has 1 aromatic heterocycles. The van der Waals surface area contributed by atoms with Crippen LogP contribution in [0.2, 0.25) is 0 Å². The van der Waals surface area contributed by atoms with E-state index >= 15 is 0 Å². The fourth-order valence-corrected chi connectivity index (χ4v) is 4.48. The van der Waals surface area contributed by atoms with Gasteiger partial charge in [-0.25, -0.2) is 4.98 Å². The highest BCUT2D eigenvalue weighted by atomic mass is 32.2. The minimum atomic E-state index is -0.252. The second-order valence-corrected chi connectivity index (χ2v) is 7.59. The van der Waals surface area contributed by atoms with E-state index in [2.05, 4.69) is 16.4 Å². The number of hydrogen-bond acceptors (Lipinski definition) is 5. The minimum Gasteiger partial charge on any atom is -0.324 e. The van der Waals surface area contributed by atoms with Crippen LogP contribution in [0.4, 0.5) is 5.69 Å². The van der Waals surface area contributed by atoms with E-state index in [1.807, 2.05) is 31.2 Å². The van der Waals surface area contributed by atoms with Crippen LogP contribution in [-0.4, -0.2) is 16.1 Å². The van der Waals surface area contributed by atoms with Crippen LogP contribution in [0.15, 0.2) is 52.9 Å². The zero-order valence-electron chi connectivity index (χ0n) is 13.0. The van der Waals surface area contributed by atoms with Crippen LogP contribution in [0.1, 0.15) is 18.9 Å². The van der Waals surface area contributed by atoms with Crippen molar-refractivity contribution in [2.75, 3.05) is 5.32 Å².